The fraction of sp³-hybridized carbons (Fsp3) is 1.00. The highest BCUT2D eigenvalue weighted by molar-refractivity contribution is 8.00. The van der Waals surface area contributed by atoms with Gasteiger partial charge in [0.1, 0.15) is 0 Å². The van der Waals surface area contributed by atoms with Crippen LogP contribution in [0.2, 0.25) is 0 Å². The molecule has 0 fully saturated rings. The third kappa shape index (κ3) is 9.86. The van der Waals surface area contributed by atoms with Crippen LogP contribution < -0.4 is 0 Å². The van der Waals surface area contributed by atoms with Crippen molar-refractivity contribution in [3.05, 3.63) is 0 Å². The van der Waals surface area contributed by atoms with E-state index < -0.39 is 0 Å². The quantitative estimate of drug-likeness (QED) is 0.619. The second-order valence-electron chi connectivity index (χ2n) is 4.97. The minimum Gasteiger partial charge on any atom is -0.299 e. The molecule has 0 aliphatic heterocycles. The van der Waals surface area contributed by atoms with Crippen LogP contribution in [0, 0.1) is 0 Å². The zero-order valence-corrected chi connectivity index (χ0v) is 13.5. The smallest absolute Gasteiger partial charge is 0.00755 e. The van der Waals surface area contributed by atoms with Crippen LogP contribution >= 0.6 is 23.5 Å². The largest absolute Gasteiger partial charge is 0.299 e. The first-order chi connectivity index (χ1) is 7.43. The molecule has 0 radical (unpaired) electrons. The highest BCUT2D eigenvalue weighted by atomic mass is 32.2. The molecule has 0 rings (SSSR count). The zero-order valence-electron chi connectivity index (χ0n) is 11.8. The second kappa shape index (κ2) is 9.67. The molecule has 0 aromatic carbocycles. The van der Waals surface area contributed by atoms with Gasteiger partial charge in [0.15, 0.2) is 0 Å². The molecule has 16 heavy (non-hydrogen) atoms. The third-order valence-corrected chi connectivity index (χ3v) is 4.56. The zero-order chi connectivity index (χ0) is 12.6. The monoisotopic (exact) mass is 263 g/mol. The van der Waals surface area contributed by atoms with Crippen molar-refractivity contribution in [2.24, 2.45) is 0 Å². The Bertz CT molecular complexity index is 144. The molecule has 0 N–H and O–H groups in total. The van der Waals surface area contributed by atoms with Gasteiger partial charge in [0.05, 0.1) is 0 Å². The van der Waals surface area contributed by atoms with Gasteiger partial charge >= 0.3 is 0 Å². The molecule has 0 spiro atoms. The average molecular weight is 264 g/mol. The number of hydrogen-bond acceptors (Lipinski definition) is 3. The van der Waals surface area contributed by atoms with E-state index in [2.05, 4.69) is 70.0 Å². The summed E-state index contributed by atoms with van der Waals surface area (Å²) in [4.78, 5) is 2.60. The summed E-state index contributed by atoms with van der Waals surface area (Å²) in [5.74, 6) is 2.53. The highest BCUT2D eigenvalue weighted by Gasteiger charge is 2.09. The summed E-state index contributed by atoms with van der Waals surface area (Å²) in [7, 11) is 0. The molecule has 0 aromatic heterocycles. The number of thioether (sulfide) groups is 2. The first kappa shape index (κ1) is 16.7. The maximum atomic E-state index is 2.60. The van der Waals surface area contributed by atoms with Gasteiger partial charge in [0.2, 0.25) is 0 Å². The minimum atomic E-state index is 0.681. The van der Waals surface area contributed by atoms with E-state index in [0.717, 1.165) is 10.5 Å². The number of nitrogens with zero attached hydrogens (tertiary/aromatic N) is 1. The Hall–Kier alpha value is 0.660. The van der Waals surface area contributed by atoms with E-state index >= 15 is 0 Å². The first-order valence-corrected chi connectivity index (χ1v) is 8.50. The van der Waals surface area contributed by atoms with Gasteiger partial charge in [-0.05, 0) is 24.3 Å². The van der Waals surface area contributed by atoms with Gasteiger partial charge < -0.3 is 0 Å². The van der Waals surface area contributed by atoms with Gasteiger partial charge in [-0.3, -0.25) is 4.90 Å². The Morgan fingerprint density at radius 2 is 1.12 bits per heavy atom. The lowest BCUT2D eigenvalue weighted by atomic mass is 10.3. The van der Waals surface area contributed by atoms with Crippen LogP contribution in [0.3, 0.4) is 0 Å². The summed E-state index contributed by atoms with van der Waals surface area (Å²) in [6, 6.07) is 0.681. The molecule has 0 amide bonds. The molecule has 1 nitrogen and oxygen atoms in total. The molecular weight excluding hydrogens is 234 g/mol. The van der Waals surface area contributed by atoms with Gasteiger partial charge in [-0.1, -0.05) is 27.7 Å². The molecule has 0 saturated heterocycles. The lowest BCUT2D eigenvalue weighted by Gasteiger charge is -2.26. The van der Waals surface area contributed by atoms with Crippen LogP contribution in [-0.4, -0.2) is 46.0 Å². The third-order valence-electron chi connectivity index (χ3n) is 2.39. The van der Waals surface area contributed by atoms with E-state index in [-0.39, 0.29) is 0 Å². The predicted octanol–water partition coefficient (Wildman–Crippen LogP) is 3.98. The van der Waals surface area contributed by atoms with Crippen LogP contribution in [0.15, 0.2) is 0 Å². The molecule has 0 aliphatic rings. The molecule has 0 saturated carbocycles. The summed E-state index contributed by atoms with van der Waals surface area (Å²) >= 11 is 4.14. The number of hydrogen-bond donors (Lipinski definition) is 0. The number of rotatable bonds is 9. The highest BCUT2D eigenvalue weighted by Crippen LogP contribution is 2.13. The topological polar surface area (TPSA) is 3.24 Å². The Morgan fingerprint density at radius 1 is 0.750 bits per heavy atom. The van der Waals surface area contributed by atoms with Crippen molar-refractivity contribution in [3.8, 4) is 0 Å². The lowest BCUT2D eigenvalue weighted by Crippen LogP contribution is -2.35. The van der Waals surface area contributed by atoms with Crippen molar-refractivity contribution in [1.29, 1.82) is 0 Å². The van der Waals surface area contributed by atoms with E-state index in [9.17, 15) is 0 Å². The van der Waals surface area contributed by atoms with E-state index in [1.165, 1.54) is 24.6 Å². The van der Waals surface area contributed by atoms with Crippen molar-refractivity contribution in [2.75, 3.05) is 24.6 Å². The SMILES string of the molecule is CC(C)SCCN(CCSC(C)C)C(C)C. The van der Waals surface area contributed by atoms with E-state index in [1.54, 1.807) is 0 Å². The molecule has 0 bridgehead atoms. The molecule has 0 heterocycles. The van der Waals surface area contributed by atoms with Gasteiger partial charge in [-0.25, -0.2) is 0 Å². The maximum Gasteiger partial charge on any atom is 0.00755 e. The Balaban J connectivity index is 3.71. The molecule has 0 atom stereocenters. The van der Waals surface area contributed by atoms with Crippen LogP contribution in [0.4, 0.5) is 0 Å². The summed E-state index contributed by atoms with van der Waals surface area (Å²) in [6.45, 7) is 16.2. The Morgan fingerprint density at radius 3 is 1.38 bits per heavy atom. The van der Waals surface area contributed by atoms with Gasteiger partial charge in [-0.15, -0.1) is 0 Å². The maximum absolute atomic E-state index is 2.60. The van der Waals surface area contributed by atoms with E-state index in [1.807, 2.05) is 0 Å². The predicted molar refractivity (Wildman–Crippen MR) is 81.9 cm³/mol. The van der Waals surface area contributed by atoms with Crippen molar-refractivity contribution in [1.82, 2.24) is 4.90 Å². The molecular formula is C13H29NS2. The lowest BCUT2D eigenvalue weighted by molar-refractivity contribution is 0.251. The fourth-order valence-electron chi connectivity index (χ4n) is 1.44. The summed E-state index contributed by atoms with van der Waals surface area (Å²) < 4.78 is 0. The normalized spacial score (nSPS) is 12.4. The van der Waals surface area contributed by atoms with Crippen LogP contribution in [-0.2, 0) is 0 Å². The van der Waals surface area contributed by atoms with E-state index in [0.29, 0.717) is 6.04 Å². The van der Waals surface area contributed by atoms with Crippen molar-refractivity contribution >= 4 is 23.5 Å². The van der Waals surface area contributed by atoms with Crippen molar-refractivity contribution < 1.29 is 0 Å². The average Bonchev–Trinajstić information content (AvgIpc) is 2.14. The summed E-state index contributed by atoms with van der Waals surface area (Å²) in [6.07, 6.45) is 0. The Labute approximate surface area is 111 Å². The summed E-state index contributed by atoms with van der Waals surface area (Å²) in [5, 5.41) is 1.53. The van der Waals surface area contributed by atoms with Crippen LogP contribution in [0.5, 0.6) is 0 Å². The fourth-order valence-corrected chi connectivity index (χ4v) is 3.06. The van der Waals surface area contributed by atoms with E-state index in [4.69, 9.17) is 0 Å². The Kier molecular flexibility index (Phi) is 10.1. The second-order valence-corrected chi connectivity index (χ2v) is 8.34. The van der Waals surface area contributed by atoms with Crippen molar-refractivity contribution in [3.63, 3.8) is 0 Å². The van der Waals surface area contributed by atoms with Crippen LogP contribution in [0.25, 0.3) is 0 Å². The van der Waals surface area contributed by atoms with Crippen molar-refractivity contribution in [2.45, 2.75) is 58.1 Å². The van der Waals surface area contributed by atoms with Crippen LogP contribution in [0.1, 0.15) is 41.5 Å². The van der Waals surface area contributed by atoms with Gasteiger partial charge in [0, 0.05) is 30.6 Å². The minimum absolute atomic E-state index is 0.681. The molecule has 3 heteroatoms. The molecule has 98 valence electrons. The molecule has 0 unspecified atom stereocenters. The van der Waals surface area contributed by atoms with Gasteiger partial charge in [-0.2, -0.15) is 23.5 Å². The summed E-state index contributed by atoms with van der Waals surface area (Å²) in [5.41, 5.74) is 0. The first-order valence-electron chi connectivity index (χ1n) is 6.40. The molecule has 0 aromatic rings. The molecule has 0 aliphatic carbocycles. The standard InChI is InChI=1S/C13H29NS2/c1-11(2)14(7-9-15-12(3)4)8-10-16-13(5)6/h11-13H,7-10H2,1-6H3. The van der Waals surface area contributed by atoms with Gasteiger partial charge in [0.25, 0.3) is 0 Å².